The average Bonchev–Trinajstić information content (AvgIpc) is 3.18. The molecule has 0 heterocycles. The number of hydrogen-bond donors (Lipinski definition) is 0. The Kier molecular flexibility index (Phi) is 50.0. The zero-order valence-corrected chi connectivity index (χ0v) is 38.0. The van der Waals surface area contributed by atoms with Gasteiger partial charge in [0.1, 0.15) is 0 Å². The monoisotopic (exact) mass is 761 g/mol. The van der Waals surface area contributed by atoms with Crippen molar-refractivity contribution in [3.8, 4) is 0 Å². The molecule has 0 atom stereocenters. The Morgan fingerprint density at radius 1 is 0.241 bits per heavy atom. The van der Waals surface area contributed by atoms with Crippen molar-refractivity contribution in [1.29, 1.82) is 0 Å². The summed E-state index contributed by atoms with van der Waals surface area (Å²) in [4.78, 5) is 12.0. The fourth-order valence-corrected chi connectivity index (χ4v) is 8.38. The van der Waals surface area contributed by atoms with Crippen LogP contribution in [0.4, 0.5) is 0 Å². The molecule has 2 nitrogen and oxygen atoms in total. The highest BCUT2D eigenvalue weighted by Crippen LogP contribution is 2.18. The third-order valence-corrected chi connectivity index (χ3v) is 12.2. The summed E-state index contributed by atoms with van der Waals surface area (Å²) in [6.07, 6.45) is 66.9. The summed E-state index contributed by atoms with van der Waals surface area (Å²) in [5.41, 5.74) is 0. The van der Waals surface area contributed by atoms with Crippen molar-refractivity contribution < 1.29 is 9.53 Å². The standard InChI is InChI=1S/C52H104O2/c1-3-5-7-9-11-13-15-17-19-20-21-22-23-24-25-26-27-28-29-30-31-32-33-34-35-37-39-41-43-45-47-49-51-54-52(53)50-48-46-44-42-40-38-36-18-16-14-12-10-8-6-4-2/h3-51H2,1-2H3. The maximum Gasteiger partial charge on any atom is 0.305 e. The molecule has 0 aromatic heterocycles. The maximum absolute atomic E-state index is 12.0. The Hall–Kier alpha value is -0.530. The summed E-state index contributed by atoms with van der Waals surface area (Å²) in [5, 5.41) is 0. The van der Waals surface area contributed by atoms with E-state index in [1.165, 1.54) is 289 Å². The highest BCUT2D eigenvalue weighted by molar-refractivity contribution is 5.69. The molecule has 0 saturated carbocycles. The zero-order chi connectivity index (χ0) is 38.9. The second-order valence-corrected chi connectivity index (χ2v) is 17.9. The lowest BCUT2D eigenvalue weighted by Crippen LogP contribution is -2.05. The molecule has 0 unspecified atom stereocenters. The SMILES string of the molecule is CCCCCCCCCCCCCCCCCCCCCCCCCCCCCCCCCCOC(=O)CCCCCCCCCCCCCCCCC. The Bertz CT molecular complexity index is 659. The van der Waals surface area contributed by atoms with E-state index < -0.39 is 0 Å². The molecule has 0 bridgehead atoms. The molecule has 0 aliphatic rings. The van der Waals surface area contributed by atoms with Crippen LogP contribution in [0.1, 0.15) is 322 Å². The molecule has 0 fully saturated rings. The van der Waals surface area contributed by atoms with Crippen LogP contribution in [-0.4, -0.2) is 12.6 Å². The van der Waals surface area contributed by atoms with Crippen LogP contribution in [0, 0.1) is 0 Å². The molecule has 0 spiro atoms. The van der Waals surface area contributed by atoms with E-state index in [1.807, 2.05) is 0 Å². The van der Waals surface area contributed by atoms with Gasteiger partial charge >= 0.3 is 5.97 Å². The van der Waals surface area contributed by atoms with Crippen molar-refractivity contribution in [2.45, 2.75) is 322 Å². The van der Waals surface area contributed by atoms with Crippen LogP contribution in [0.25, 0.3) is 0 Å². The molecule has 0 amide bonds. The summed E-state index contributed by atoms with van der Waals surface area (Å²) in [6, 6.07) is 0. The minimum absolute atomic E-state index is 0.0328. The van der Waals surface area contributed by atoms with E-state index >= 15 is 0 Å². The number of carbonyl (C=O) groups excluding carboxylic acids is 1. The fourth-order valence-electron chi connectivity index (χ4n) is 8.38. The summed E-state index contributed by atoms with van der Waals surface area (Å²) in [6.45, 7) is 5.24. The van der Waals surface area contributed by atoms with Crippen LogP contribution in [0.5, 0.6) is 0 Å². The van der Waals surface area contributed by atoms with Gasteiger partial charge in [-0.2, -0.15) is 0 Å². The molecule has 0 saturated heterocycles. The Morgan fingerprint density at radius 2 is 0.407 bits per heavy atom. The normalized spacial score (nSPS) is 11.5. The van der Waals surface area contributed by atoms with Gasteiger partial charge in [-0.15, -0.1) is 0 Å². The fraction of sp³-hybridized carbons (Fsp3) is 0.981. The van der Waals surface area contributed by atoms with Crippen molar-refractivity contribution in [3.05, 3.63) is 0 Å². The first-order valence-electron chi connectivity index (χ1n) is 26.0. The van der Waals surface area contributed by atoms with Gasteiger partial charge < -0.3 is 4.74 Å². The minimum atomic E-state index is 0.0328. The van der Waals surface area contributed by atoms with Crippen LogP contribution < -0.4 is 0 Å². The minimum Gasteiger partial charge on any atom is -0.466 e. The van der Waals surface area contributed by atoms with Crippen molar-refractivity contribution in [1.82, 2.24) is 0 Å². The Labute approximate surface area is 343 Å². The highest BCUT2D eigenvalue weighted by Gasteiger charge is 2.03. The number of ether oxygens (including phenoxy) is 1. The molecule has 0 aromatic carbocycles. The van der Waals surface area contributed by atoms with Gasteiger partial charge in [-0.1, -0.05) is 303 Å². The Morgan fingerprint density at radius 3 is 0.611 bits per heavy atom. The highest BCUT2D eigenvalue weighted by atomic mass is 16.5. The number of hydrogen-bond acceptors (Lipinski definition) is 2. The van der Waals surface area contributed by atoms with E-state index in [9.17, 15) is 4.79 Å². The molecule has 0 rings (SSSR count). The quantitative estimate of drug-likeness (QED) is 0.0456. The first-order chi connectivity index (χ1) is 26.8. The molecule has 0 aromatic rings. The lowest BCUT2D eigenvalue weighted by Gasteiger charge is -2.06. The number of rotatable bonds is 49. The predicted octanol–water partition coefficient (Wildman–Crippen LogP) is 19.3. The molecule has 2 heteroatoms. The molecule has 54 heavy (non-hydrogen) atoms. The molecular weight excluding hydrogens is 657 g/mol. The van der Waals surface area contributed by atoms with E-state index in [1.54, 1.807) is 0 Å². The predicted molar refractivity (Wildman–Crippen MR) is 244 cm³/mol. The molecule has 0 N–H and O–H groups in total. The van der Waals surface area contributed by atoms with E-state index in [0.29, 0.717) is 13.0 Å². The first kappa shape index (κ1) is 53.5. The van der Waals surface area contributed by atoms with Crippen LogP contribution in [0.15, 0.2) is 0 Å². The molecule has 0 aliphatic heterocycles. The van der Waals surface area contributed by atoms with Gasteiger partial charge in [0.2, 0.25) is 0 Å². The van der Waals surface area contributed by atoms with Crippen LogP contribution in [0.2, 0.25) is 0 Å². The second-order valence-electron chi connectivity index (χ2n) is 17.9. The number of carbonyl (C=O) groups is 1. The number of esters is 1. The van der Waals surface area contributed by atoms with Gasteiger partial charge in [-0.25, -0.2) is 0 Å². The van der Waals surface area contributed by atoms with Crippen molar-refractivity contribution in [2.24, 2.45) is 0 Å². The molecule has 0 aliphatic carbocycles. The van der Waals surface area contributed by atoms with Crippen molar-refractivity contribution >= 4 is 5.97 Å². The Balaban J connectivity index is 3.12. The van der Waals surface area contributed by atoms with E-state index in [4.69, 9.17) is 4.74 Å². The average molecular weight is 761 g/mol. The van der Waals surface area contributed by atoms with Crippen LogP contribution >= 0.6 is 0 Å². The van der Waals surface area contributed by atoms with Gasteiger partial charge in [-0.05, 0) is 12.8 Å². The van der Waals surface area contributed by atoms with Gasteiger partial charge in [-0.3, -0.25) is 4.79 Å². The molecule has 324 valence electrons. The smallest absolute Gasteiger partial charge is 0.305 e. The molecular formula is C52H104O2. The maximum atomic E-state index is 12.0. The summed E-state index contributed by atoms with van der Waals surface area (Å²) >= 11 is 0. The van der Waals surface area contributed by atoms with Crippen molar-refractivity contribution in [3.63, 3.8) is 0 Å². The van der Waals surface area contributed by atoms with E-state index in [0.717, 1.165) is 12.8 Å². The third-order valence-electron chi connectivity index (χ3n) is 12.2. The number of unbranched alkanes of at least 4 members (excludes halogenated alkanes) is 45. The van der Waals surface area contributed by atoms with Gasteiger partial charge in [0.05, 0.1) is 6.61 Å². The summed E-state index contributed by atoms with van der Waals surface area (Å²) in [7, 11) is 0. The van der Waals surface area contributed by atoms with Gasteiger partial charge in [0, 0.05) is 6.42 Å². The lowest BCUT2D eigenvalue weighted by atomic mass is 10.0. The van der Waals surface area contributed by atoms with Crippen LogP contribution in [-0.2, 0) is 9.53 Å². The lowest BCUT2D eigenvalue weighted by molar-refractivity contribution is -0.143. The van der Waals surface area contributed by atoms with Gasteiger partial charge in [0.15, 0.2) is 0 Å². The largest absolute Gasteiger partial charge is 0.466 e. The third kappa shape index (κ3) is 49.5. The van der Waals surface area contributed by atoms with Gasteiger partial charge in [0.25, 0.3) is 0 Å². The topological polar surface area (TPSA) is 26.3 Å². The zero-order valence-electron chi connectivity index (χ0n) is 38.0. The summed E-state index contributed by atoms with van der Waals surface area (Å²) in [5.74, 6) is 0.0328. The van der Waals surface area contributed by atoms with Crippen LogP contribution in [0.3, 0.4) is 0 Å². The summed E-state index contributed by atoms with van der Waals surface area (Å²) < 4.78 is 5.49. The van der Waals surface area contributed by atoms with E-state index in [2.05, 4.69) is 13.8 Å². The van der Waals surface area contributed by atoms with Crippen molar-refractivity contribution in [2.75, 3.05) is 6.61 Å². The first-order valence-corrected chi connectivity index (χ1v) is 26.0. The molecule has 0 radical (unpaired) electrons. The second kappa shape index (κ2) is 50.5. The van der Waals surface area contributed by atoms with E-state index in [-0.39, 0.29) is 5.97 Å².